The molecule has 0 radical (unpaired) electrons. The predicted molar refractivity (Wildman–Crippen MR) is 172 cm³/mol. The molecule has 0 N–H and O–H groups in total. The largest absolute Gasteiger partial charge is 0.509 e. The normalized spacial score (nSPS) is 14.0. The third-order valence-electron chi connectivity index (χ3n) is 7.74. The van der Waals surface area contributed by atoms with Gasteiger partial charge in [-0.05, 0) is 72.7 Å². The van der Waals surface area contributed by atoms with Crippen LogP contribution in [0.25, 0.3) is 27.6 Å². The Balaban J connectivity index is 0.00000386. The molecule has 0 fully saturated rings. The summed E-state index contributed by atoms with van der Waals surface area (Å²) in [6.07, 6.45) is 1.50. The van der Waals surface area contributed by atoms with E-state index in [1.165, 1.54) is 12.3 Å². The molecule has 0 spiro atoms. The summed E-state index contributed by atoms with van der Waals surface area (Å²) in [5.74, 6) is 1.43. The molecule has 0 aliphatic carbocycles. The summed E-state index contributed by atoms with van der Waals surface area (Å²) >= 11 is 0. The Morgan fingerprint density at radius 3 is 2.52 bits per heavy atom. The van der Waals surface area contributed by atoms with Gasteiger partial charge in [0.1, 0.15) is 5.82 Å². The first-order chi connectivity index (χ1) is 21.9. The van der Waals surface area contributed by atoms with Crippen molar-refractivity contribution < 1.29 is 29.9 Å². The van der Waals surface area contributed by atoms with Crippen molar-refractivity contribution in [2.24, 2.45) is 0 Å². The van der Waals surface area contributed by atoms with Crippen LogP contribution in [0, 0.1) is 37.0 Å². The number of nitrogens with zero attached hydrogens (tertiary/aromatic N) is 5. The minimum absolute atomic E-state index is 0. The molecule has 0 unspecified atom stereocenters. The number of aromatic nitrogens is 2. The Morgan fingerprint density at radius 2 is 1.75 bits per heavy atom. The van der Waals surface area contributed by atoms with E-state index in [1.54, 1.807) is 12.1 Å². The van der Waals surface area contributed by atoms with E-state index in [0.717, 1.165) is 38.9 Å². The Kier molecular flexibility index (Phi) is 6.56. The van der Waals surface area contributed by atoms with Crippen LogP contribution >= 0.6 is 0 Å². The van der Waals surface area contributed by atoms with Gasteiger partial charge in [0.15, 0.2) is 0 Å². The number of benzene rings is 4. The summed E-state index contributed by atoms with van der Waals surface area (Å²) in [6, 6.07) is 33.7. The molecule has 1 aliphatic heterocycles. The number of anilines is 3. The van der Waals surface area contributed by atoms with Crippen molar-refractivity contribution in [1.82, 2.24) is 9.55 Å². The number of pyridine rings is 1. The summed E-state index contributed by atoms with van der Waals surface area (Å²) in [7, 11) is 2.02. The van der Waals surface area contributed by atoms with Gasteiger partial charge < -0.3 is 19.1 Å². The van der Waals surface area contributed by atoms with Crippen molar-refractivity contribution in [3.63, 3.8) is 0 Å². The van der Waals surface area contributed by atoms with Crippen molar-refractivity contribution in [2.45, 2.75) is 33.0 Å². The minimum Gasteiger partial charge on any atom is -0.509 e. The first kappa shape index (κ1) is 25.9. The van der Waals surface area contributed by atoms with Crippen LogP contribution in [0.15, 0.2) is 85.1 Å². The van der Waals surface area contributed by atoms with Crippen molar-refractivity contribution in [2.75, 3.05) is 16.8 Å². The molecule has 6 aromatic rings. The van der Waals surface area contributed by atoms with E-state index in [4.69, 9.17) is 8.85 Å². The number of rotatable bonds is 4. The maximum atomic E-state index is 9.61. The molecule has 7 heteroatoms. The average molecular weight is 759 g/mol. The second kappa shape index (κ2) is 11.2. The number of aryl methyl sites for hydroxylation is 1. The third kappa shape index (κ3) is 5.12. The molecule has 0 saturated carbocycles. The maximum Gasteiger partial charge on any atom is 0.135 e. The molecular formula is C37H30N5OPt-3. The summed E-state index contributed by atoms with van der Waals surface area (Å²) in [5, 5.41) is 11.3. The molecule has 7 rings (SSSR count). The van der Waals surface area contributed by atoms with Crippen LogP contribution < -0.4 is 14.5 Å². The zero-order valence-corrected chi connectivity index (χ0v) is 26.9. The number of nitriles is 1. The third-order valence-corrected chi connectivity index (χ3v) is 7.74. The topological polar surface area (TPSA) is 57.3 Å². The second-order valence-corrected chi connectivity index (χ2v) is 11.7. The Hall–Kier alpha value is -4.59. The number of para-hydroxylation sites is 2. The Bertz CT molecular complexity index is 2200. The molecule has 0 amide bonds. The molecular weight excluding hydrogens is 726 g/mol. The van der Waals surface area contributed by atoms with Gasteiger partial charge in [0.2, 0.25) is 0 Å². The summed E-state index contributed by atoms with van der Waals surface area (Å²) < 4.78 is 32.2. The van der Waals surface area contributed by atoms with Gasteiger partial charge in [-0.2, -0.15) is 18.0 Å². The average Bonchev–Trinajstić information content (AvgIpc) is 3.54. The Morgan fingerprint density at radius 1 is 0.932 bits per heavy atom. The van der Waals surface area contributed by atoms with Crippen molar-refractivity contribution in [3.8, 4) is 23.4 Å². The van der Waals surface area contributed by atoms with E-state index in [2.05, 4.69) is 72.0 Å². The van der Waals surface area contributed by atoms with Crippen LogP contribution in [0.3, 0.4) is 0 Å². The molecule has 6 nitrogen and oxygen atoms in total. The van der Waals surface area contributed by atoms with Gasteiger partial charge in [-0.3, -0.25) is 0 Å². The van der Waals surface area contributed by atoms with Gasteiger partial charge >= 0.3 is 0 Å². The fourth-order valence-corrected chi connectivity index (χ4v) is 5.55. The molecule has 1 aliphatic rings. The van der Waals surface area contributed by atoms with Crippen molar-refractivity contribution in [3.05, 3.63) is 121 Å². The van der Waals surface area contributed by atoms with E-state index in [0.29, 0.717) is 28.4 Å². The molecule has 0 saturated heterocycles. The molecule has 2 aromatic heterocycles. The van der Waals surface area contributed by atoms with Crippen LogP contribution in [-0.2, 0) is 26.5 Å². The quantitative estimate of drug-likeness (QED) is 0.169. The molecule has 44 heavy (non-hydrogen) atoms. The van der Waals surface area contributed by atoms with Gasteiger partial charge in [-0.25, -0.2) is 4.98 Å². The smallest absolute Gasteiger partial charge is 0.135 e. The van der Waals surface area contributed by atoms with Crippen molar-refractivity contribution >= 4 is 38.9 Å². The number of hydrogen-bond acceptors (Lipinski definition) is 5. The second-order valence-electron chi connectivity index (χ2n) is 11.7. The van der Waals surface area contributed by atoms with Gasteiger partial charge in [-0.15, -0.1) is 47.0 Å². The van der Waals surface area contributed by atoms with Crippen LogP contribution in [0.5, 0.6) is 11.5 Å². The monoisotopic (exact) mass is 758 g/mol. The van der Waals surface area contributed by atoms with Crippen LogP contribution in [0.1, 0.15) is 41.6 Å². The van der Waals surface area contributed by atoms with Crippen LogP contribution in [-0.4, -0.2) is 16.6 Å². The Labute approximate surface area is 276 Å². The van der Waals surface area contributed by atoms with Gasteiger partial charge in [-0.1, -0.05) is 38.4 Å². The fraction of sp³-hybridized carbons (Fsp3) is 0.162. The first-order valence-corrected chi connectivity index (χ1v) is 14.0. The van der Waals surface area contributed by atoms with E-state index < -0.39 is 6.85 Å². The fourth-order valence-electron chi connectivity index (χ4n) is 5.55. The maximum absolute atomic E-state index is 9.61. The van der Waals surface area contributed by atoms with Gasteiger partial charge in [0.25, 0.3) is 0 Å². The van der Waals surface area contributed by atoms with E-state index in [9.17, 15) is 5.26 Å². The van der Waals surface area contributed by atoms with E-state index in [-0.39, 0.29) is 32.0 Å². The zero-order chi connectivity index (χ0) is 32.4. The number of hydrogen-bond donors (Lipinski definition) is 0. The van der Waals surface area contributed by atoms with Crippen molar-refractivity contribution in [1.29, 1.82) is 5.26 Å². The van der Waals surface area contributed by atoms with E-state index in [1.807, 2.05) is 60.7 Å². The summed E-state index contributed by atoms with van der Waals surface area (Å²) in [4.78, 5) is 8.73. The SMILES string of the molecule is [2H]C([2H])([2H])c1ccnc(-n2c3[c-]c(Oc4[c-]c(N5[CH-]N(C)c6ccccc65)cc(C(C)(C)C)c4)ccc3c3cc(C#N)ccc32)c1.[Pt]. The van der Waals surface area contributed by atoms with Crippen LogP contribution in [0.2, 0.25) is 0 Å². The standard InChI is InChI=1S/C37H30N5O.Pt/c1-24-14-15-39-36(16-24)42-32-13-10-25(22-38)17-31(32)30-12-11-28(21-35(30)42)43-29-19-26(37(2,3)4)18-27(20-29)41-23-40(5)33-8-6-7-9-34(33)41;/h6-19,23H,1-5H3;/q-3;/i1D3;. The molecule has 0 atom stereocenters. The molecule has 222 valence electrons. The van der Waals surface area contributed by atoms with Gasteiger partial charge in [0.05, 0.1) is 11.6 Å². The number of ether oxygens (including phenoxy) is 1. The summed E-state index contributed by atoms with van der Waals surface area (Å²) in [5.41, 5.74) is 6.04. The summed E-state index contributed by atoms with van der Waals surface area (Å²) in [6.45, 7) is 6.23. The molecule has 3 heterocycles. The molecule has 4 aromatic carbocycles. The first-order valence-electron chi connectivity index (χ1n) is 15.5. The van der Waals surface area contributed by atoms with Gasteiger partial charge in [0, 0.05) is 59.8 Å². The minimum atomic E-state index is -2.30. The van der Waals surface area contributed by atoms with Crippen LogP contribution in [0.4, 0.5) is 17.1 Å². The molecule has 0 bridgehead atoms. The zero-order valence-electron chi connectivity index (χ0n) is 27.6. The van der Waals surface area contributed by atoms with E-state index >= 15 is 0 Å². The predicted octanol–water partition coefficient (Wildman–Crippen LogP) is 8.75. The number of fused-ring (bicyclic) bond motifs is 4.